The van der Waals surface area contributed by atoms with E-state index in [1.165, 1.54) is 12.8 Å². The number of aliphatic hydroxyl groups excluding tert-OH is 1. The molecule has 0 fully saturated rings. The van der Waals surface area contributed by atoms with E-state index >= 15 is 0 Å². The monoisotopic (exact) mass is 370 g/mol. The number of alkyl halides is 1. The van der Waals surface area contributed by atoms with Crippen molar-refractivity contribution in [3.8, 4) is 6.01 Å². The van der Waals surface area contributed by atoms with Crippen LogP contribution >= 0.6 is 0 Å². The van der Waals surface area contributed by atoms with Gasteiger partial charge in [0.15, 0.2) is 0 Å². The fourth-order valence-electron chi connectivity index (χ4n) is 1.27. The van der Waals surface area contributed by atoms with Crippen LogP contribution in [0.1, 0.15) is 32.6 Å². The van der Waals surface area contributed by atoms with E-state index in [0.717, 1.165) is 19.0 Å². The molecule has 1 aromatic heterocycles. The Balaban J connectivity index is 2.40. The third kappa shape index (κ3) is 5.76. The molecule has 0 saturated carbocycles. The van der Waals surface area contributed by atoms with Crippen molar-refractivity contribution < 1.29 is 35.7 Å². The molecule has 18 heavy (non-hydrogen) atoms. The molecule has 0 unspecified atom stereocenters. The Morgan fingerprint density at radius 3 is 3.00 bits per heavy atom. The number of rotatable bonds is 9. The van der Waals surface area contributed by atoms with Gasteiger partial charge in [-0.3, -0.25) is 0 Å². The maximum absolute atomic E-state index is 13.3. The number of hydrogen-bond donors (Lipinski definition) is 2. The molecule has 7 heteroatoms. The first-order chi connectivity index (χ1) is 8.77. The SMILES string of the molecule is CCCCCCOc1ncc(F)c(N[I-]CO)n1. The minimum atomic E-state index is -0.682. The predicted octanol–water partition coefficient (Wildman–Crippen LogP) is -1.06. The summed E-state index contributed by atoms with van der Waals surface area (Å²) in [7, 11) is 0. The molecule has 1 rings (SSSR count). The number of aromatic nitrogens is 2. The van der Waals surface area contributed by atoms with Gasteiger partial charge in [0.2, 0.25) is 0 Å². The van der Waals surface area contributed by atoms with Crippen molar-refractivity contribution in [2.75, 3.05) is 14.8 Å². The van der Waals surface area contributed by atoms with Crippen molar-refractivity contribution in [2.45, 2.75) is 32.6 Å². The van der Waals surface area contributed by atoms with E-state index in [4.69, 9.17) is 9.84 Å². The zero-order chi connectivity index (χ0) is 13.2. The Hall–Kier alpha value is -0.700. The summed E-state index contributed by atoms with van der Waals surface area (Å²) in [4.78, 5) is 7.69. The van der Waals surface area contributed by atoms with Gasteiger partial charge in [0.25, 0.3) is 0 Å². The zero-order valence-electron chi connectivity index (χ0n) is 10.3. The number of nitrogens with zero attached hydrogens (tertiary/aromatic N) is 2. The van der Waals surface area contributed by atoms with Gasteiger partial charge in [0.05, 0.1) is 0 Å². The maximum atomic E-state index is 13.3. The summed E-state index contributed by atoms with van der Waals surface area (Å²) in [6.45, 7) is 2.69. The second-order valence-corrected chi connectivity index (χ2v) is 5.59. The van der Waals surface area contributed by atoms with Crippen LogP contribution in [-0.4, -0.2) is 26.3 Å². The normalized spacial score (nSPS) is 10.6. The molecule has 0 aliphatic carbocycles. The van der Waals surface area contributed by atoms with E-state index in [1.807, 2.05) is 0 Å². The Morgan fingerprint density at radius 2 is 2.28 bits per heavy atom. The molecule has 104 valence electrons. The van der Waals surface area contributed by atoms with Crippen LogP contribution in [0.3, 0.4) is 0 Å². The zero-order valence-corrected chi connectivity index (χ0v) is 12.5. The quantitative estimate of drug-likeness (QED) is 0.251. The Bertz CT molecular complexity index is 355. The van der Waals surface area contributed by atoms with Crippen LogP contribution in [0.25, 0.3) is 0 Å². The van der Waals surface area contributed by atoms with Crippen LogP contribution < -0.4 is 29.7 Å². The summed E-state index contributed by atoms with van der Waals surface area (Å²) in [5.41, 5.74) is 0. The average molecular weight is 370 g/mol. The molecule has 5 nitrogen and oxygen atoms in total. The molecule has 0 amide bonds. The summed E-state index contributed by atoms with van der Waals surface area (Å²) < 4.78 is 21.4. The van der Waals surface area contributed by atoms with Crippen molar-refractivity contribution in [3.63, 3.8) is 0 Å². The fraction of sp³-hybridized carbons (Fsp3) is 0.636. The van der Waals surface area contributed by atoms with E-state index in [9.17, 15) is 4.39 Å². The number of unbranched alkanes of at least 4 members (excludes halogenated alkanes) is 3. The summed E-state index contributed by atoms with van der Waals surface area (Å²) in [5, 5.41) is 8.70. The van der Waals surface area contributed by atoms with Crippen LogP contribution in [0.5, 0.6) is 6.01 Å². The van der Waals surface area contributed by atoms with Gasteiger partial charge in [-0.1, -0.05) is 0 Å². The van der Waals surface area contributed by atoms with E-state index in [1.54, 1.807) is 0 Å². The van der Waals surface area contributed by atoms with Crippen molar-refractivity contribution in [2.24, 2.45) is 0 Å². The summed E-state index contributed by atoms with van der Waals surface area (Å²) in [6, 6.07) is 0.178. The molecular formula is C11H18FIN3O2-. The third-order valence-electron chi connectivity index (χ3n) is 2.17. The number of ether oxygens (including phenoxy) is 1. The second kappa shape index (κ2) is 9.26. The van der Waals surface area contributed by atoms with E-state index in [-0.39, 0.29) is 16.4 Å². The number of anilines is 1. The molecule has 0 aromatic carbocycles. The average Bonchev–Trinajstić information content (AvgIpc) is 2.39. The topological polar surface area (TPSA) is 67.3 Å². The van der Waals surface area contributed by atoms with Crippen LogP contribution in [0.15, 0.2) is 6.20 Å². The standard InChI is InChI=1S/C11H18FIN3O2/c1-2-3-4-5-6-18-11-14-7-9(12)10(15-11)16-13-8-17/h7,17H,2-6,8H2,1H3,(H,14,15,16)/q-1. The van der Waals surface area contributed by atoms with E-state index in [0.29, 0.717) is 6.61 Å². The summed E-state index contributed by atoms with van der Waals surface area (Å²) in [6.07, 6.45) is 5.49. The number of aliphatic hydroxyl groups is 1. The first kappa shape index (κ1) is 15.4. The molecule has 0 atom stereocenters. The minimum absolute atomic E-state index is 0.0233. The van der Waals surface area contributed by atoms with Crippen LogP contribution in [0, 0.1) is 5.82 Å². The first-order valence-electron chi connectivity index (χ1n) is 5.88. The summed E-state index contributed by atoms with van der Waals surface area (Å²) in [5.74, 6) is -0.420. The molecule has 2 N–H and O–H groups in total. The van der Waals surface area contributed by atoms with Gasteiger partial charge in [0.1, 0.15) is 0 Å². The van der Waals surface area contributed by atoms with E-state index in [2.05, 4.69) is 20.4 Å². The first-order valence-corrected chi connectivity index (χ1v) is 8.48. The van der Waals surface area contributed by atoms with Gasteiger partial charge in [0, 0.05) is 0 Å². The molecule has 0 spiro atoms. The number of nitrogens with one attached hydrogen (secondary N) is 1. The molecule has 1 heterocycles. The fourth-order valence-corrected chi connectivity index (χ4v) is 2.18. The van der Waals surface area contributed by atoms with Crippen molar-refractivity contribution in [3.05, 3.63) is 12.0 Å². The van der Waals surface area contributed by atoms with E-state index < -0.39 is 27.3 Å². The molecular weight excluding hydrogens is 352 g/mol. The number of hydrogen-bond acceptors (Lipinski definition) is 5. The third-order valence-corrected chi connectivity index (χ3v) is 3.40. The van der Waals surface area contributed by atoms with Crippen LogP contribution in [-0.2, 0) is 0 Å². The van der Waals surface area contributed by atoms with Crippen molar-refractivity contribution in [1.29, 1.82) is 0 Å². The van der Waals surface area contributed by atoms with Gasteiger partial charge < -0.3 is 0 Å². The van der Waals surface area contributed by atoms with Gasteiger partial charge in [-0.05, 0) is 0 Å². The second-order valence-electron chi connectivity index (χ2n) is 3.61. The molecule has 0 radical (unpaired) electrons. The summed E-state index contributed by atoms with van der Waals surface area (Å²) >= 11 is -0.682. The Labute approximate surface area is 117 Å². The number of halogens is 2. The molecule has 0 bridgehead atoms. The van der Waals surface area contributed by atoms with Gasteiger partial charge in [-0.2, -0.15) is 0 Å². The van der Waals surface area contributed by atoms with Gasteiger partial charge in [-0.15, -0.1) is 0 Å². The molecule has 0 saturated heterocycles. The van der Waals surface area contributed by atoms with Crippen molar-refractivity contribution in [1.82, 2.24) is 9.97 Å². The Kier molecular flexibility index (Phi) is 7.90. The van der Waals surface area contributed by atoms with Crippen LogP contribution in [0.4, 0.5) is 10.2 Å². The predicted molar refractivity (Wildman–Crippen MR) is 62.3 cm³/mol. The van der Waals surface area contributed by atoms with Crippen molar-refractivity contribution >= 4 is 5.82 Å². The van der Waals surface area contributed by atoms with Gasteiger partial charge in [-0.25, -0.2) is 0 Å². The molecule has 1 aromatic rings. The van der Waals surface area contributed by atoms with Crippen LogP contribution in [0.2, 0.25) is 0 Å². The Morgan fingerprint density at radius 1 is 1.44 bits per heavy atom. The molecule has 0 aliphatic heterocycles. The molecule has 0 aliphatic rings. The van der Waals surface area contributed by atoms with Gasteiger partial charge >= 0.3 is 117 Å².